The summed E-state index contributed by atoms with van der Waals surface area (Å²) in [6, 6.07) is 8.20. The highest BCUT2D eigenvalue weighted by molar-refractivity contribution is 7.99. The van der Waals surface area contributed by atoms with Crippen molar-refractivity contribution in [1.29, 1.82) is 0 Å². The third kappa shape index (κ3) is 2.19. The Labute approximate surface area is 116 Å². The summed E-state index contributed by atoms with van der Waals surface area (Å²) < 4.78 is 5.25. The van der Waals surface area contributed by atoms with Gasteiger partial charge in [-0.2, -0.15) is 0 Å². The molecular formula is C14H15N3OS. The summed E-state index contributed by atoms with van der Waals surface area (Å²) in [5.74, 6) is 1.75. The molecular weight excluding hydrogens is 258 g/mol. The third-order valence-corrected chi connectivity index (χ3v) is 4.58. The van der Waals surface area contributed by atoms with Gasteiger partial charge in [-0.25, -0.2) is 4.98 Å². The SMILES string of the molecule is COc1nccnc1C(N)C1CSc2ccccc21. The Morgan fingerprint density at radius 3 is 2.95 bits per heavy atom. The van der Waals surface area contributed by atoms with Gasteiger partial charge in [-0.15, -0.1) is 11.8 Å². The highest BCUT2D eigenvalue weighted by Crippen LogP contribution is 2.45. The molecule has 0 bridgehead atoms. The molecule has 1 aliphatic rings. The van der Waals surface area contributed by atoms with Crippen LogP contribution in [-0.2, 0) is 0 Å². The molecule has 1 aliphatic heterocycles. The fourth-order valence-electron chi connectivity index (χ4n) is 2.40. The normalized spacial score (nSPS) is 18.9. The second kappa shape index (κ2) is 5.19. The van der Waals surface area contributed by atoms with Gasteiger partial charge in [-0.3, -0.25) is 4.98 Å². The van der Waals surface area contributed by atoms with Gasteiger partial charge in [0, 0.05) is 29.0 Å². The Balaban J connectivity index is 1.95. The van der Waals surface area contributed by atoms with E-state index >= 15 is 0 Å². The smallest absolute Gasteiger partial charge is 0.237 e. The van der Waals surface area contributed by atoms with Crippen LogP contribution < -0.4 is 10.5 Å². The quantitative estimate of drug-likeness (QED) is 0.930. The summed E-state index contributed by atoms with van der Waals surface area (Å²) in [4.78, 5) is 9.83. The Kier molecular flexibility index (Phi) is 3.40. The second-order valence-corrected chi connectivity index (χ2v) is 5.49. The van der Waals surface area contributed by atoms with Crippen LogP contribution in [0, 0.1) is 0 Å². The van der Waals surface area contributed by atoms with Gasteiger partial charge in [0.1, 0.15) is 5.69 Å². The number of rotatable bonds is 3. The van der Waals surface area contributed by atoms with Crippen LogP contribution in [0.3, 0.4) is 0 Å². The van der Waals surface area contributed by atoms with Crippen molar-refractivity contribution in [3.8, 4) is 5.88 Å². The molecule has 0 spiro atoms. The van der Waals surface area contributed by atoms with Crippen LogP contribution in [0.1, 0.15) is 23.2 Å². The Morgan fingerprint density at radius 2 is 2.11 bits per heavy atom. The van der Waals surface area contributed by atoms with Crippen LogP contribution in [0.15, 0.2) is 41.6 Å². The Morgan fingerprint density at radius 1 is 1.32 bits per heavy atom. The Bertz CT molecular complexity index is 590. The van der Waals surface area contributed by atoms with Crippen LogP contribution >= 0.6 is 11.8 Å². The van der Waals surface area contributed by atoms with Crippen molar-refractivity contribution >= 4 is 11.8 Å². The van der Waals surface area contributed by atoms with Gasteiger partial charge in [0.05, 0.1) is 13.2 Å². The molecule has 2 N–H and O–H groups in total. The van der Waals surface area contributed by atoms with Gasteiger partial charge in [-0.1, -0.05) is 18.2 Å². The van der Waals surface area contributed by atoms with Gasteiger partial charge in [0.25, 0.3) is 0 Å². The molecule has 3 rings (SSSR count). The largest absolute Gasteiger partial charge is 0.480 e. The minimum atomic E-state index is -0.195. The first kappa shape index (κ1) is 12.4. The molecule has 98 valence electrons. The van der Waals surface area contributed by atoms with Crippen LogP contribution in [0.25, 0.3) is 0 Å². The highest BCUT2D eigenvalue weighted by Gasteiger charge is 2.31. The number of aromatic nitrogens is 2. The van der Waals surface area contributed by atoms with E-state index < -0.39 is 0 Å². The van der Waals surface area contributed by atoms with Crippen LogP contribution in [0.5, 0.6) is 5.88 Å². The summed E-state index contributed by atoms with van der Waals surface area (Å²) in [5, 5.41) is 0. The van der Waals surface area contributed by atoms with Crippen molar-refractivity contribution in [2.75, 3.05) is 12.9 Å². The third-order valence-electron chi connectivity index (χ3n) is 3.37. The first-order valence-corrected chi connectivity index (χ1v) is 7.12. The maximum absolute atomic E-state index is 6.40. The highest BCUT2D eigenvalue weighted by atomic mass is 32.2. The van der Waals surface area contributed by atoms with E-state index in [1.165, 1.54) is 10.5 Å². The fraction of sp³-hybridized carbons (Fsp3) is 0.286. The number of benzene rings is 1. The van der Waals surface area contributed by atoms with Crippen LogP contribution in [0.2, 0.25) is 0 Å². The lowest BCUT2D eigenvalue weighted by molar-refractivity contribution is 0.381. The van der Waals surface area contributed by atoms with Gasteiger partial charge in [0.2, 0.25) is 5.88 Å². The van der Waals surface area contributed by atoms with Crippen LogP contribution in [-0.4, -0.2) is 22.8 Å². The average molecular weight is 273 g/mol. The van der Waals surface area contributed by atoms with E-state index in [-0.39, 0.29) is 12.0 Å². The standard InChI is InChI=1S/C14H15N3OS/c1-18-14-13(16-6-7-17-14)12(15)10-8-19-11-5-3-2-4-9(10)11/h2-7,10,12H,8,15H2,1H3. The number of hydrogen-bond donors (Lipinski definition) is 1. The lowest BCUT2D eigenvalue weighted by Gasteiger charge is -2.20. The number of nitrogens with two attached hydrogens (primary N) is 1. The summed E-state index contributed by atoms with van der Waals surface area (Å²) >= 11 is 1.84. The van der Waals surface area contributed by atoms with E-state index in [0.717, 1.165) is 11.4 Å². The Hall–Kier alpha value is -1.59. The summed E-state index contributed by atoms with van der Waals surface area (Å²) in [5.41, 5.74) is 8.42. The number of ether oxygens (including phenoxy) is 1. The summed E-state index contributed by atoms with van der Waals surface area (Å²) in [6.45, 7) is 0. The zero-order valence-electron chi connectivity index (χ0n) is 10.6. The molecule has 4 nitrogen and oxygen atoms in total. The molecule has 2 unspecified atom stereocenters. The predicted octanol–water partition coefficient (Wildman–Crippen LogP) is 2.37. The molecule has 0 aliphatic carbocycles. The lowest BCUT2D eigenvalue weighted by atomic mass is 9.92. The van der Waals surface area contributed by atoms with Crippen molar-refractivity contribution in [3.05, 3.63) is 47.9 Å². The molecule has 1 aromatic carbocycles. The second-order valence-electron chi connectivity index (χ2n) is 4.43. The topological polar surface area (TPSA) is 61.0 Å². The van der Waals surface area contributed by atoms with Crippen molar-refractivity contribution < 1.29 is 4.74 Å². The van der Waals surface area contributed by atoms with E-state index in [0.29, 0.717) is 5.88 Å². The van der Waals surface area contributed by atoms with Crippen molar-refractivity contribution in [2.24, 2.45) is 5.73 Å². The first-order valence-electron chi connectivity index (χ1n) is 6.13. The molecule has 2 atom stereocenters. The molecule has 5 heteroatoms. The van der Waals surface area contributed by atoms with E-state index in [9.17, 15) is 0 Å². The monoisotopic (exact) mass is 273 g/mol. The molecule has 0 fully saturated rings. The van der Waals surface area contributed by atoms with Crippen LogP contribution in [0.4, 0.5) is 0 Å². The zero-order chi connectivity index (χ0) is 13.2. The molecule has 2 aromatic rings. The van der Waals surface area contributed by atoms with Crippen molar-refractivity contribution in [3.63, 3.8) is 0 Å². The van der Waals surface area contributed by atoms with E-state index in [1.807, 2.05) is 11.8 Å². The minimum Gasteiger partial charge on any atom is -0.480 e. The number of thioether (sulfide) groups is 1. The average Bonchev–Trinajstić information content (AvgIpc) is 2.90. The number of fused-ring (bicyclic) bond motifs is 1. The first-order chi connectivity index (χ1) is 9.31. The molecule has 0 saturated heterocycles. The zero-order valence-corrected chi connectivity index (χ0v) is 11.4. The summed E-state index contributed by atoms with van der Waals surface area (Å²) in [7, 11) is 1.59. The molecule has 0 radical (unpaired) electrons. The van der Waals surface area contributed by atoms with Crippen molar-refractivity contribution in [2.45, 2.75) is 16.9 Å². The maximum atomic E-state index is 6.40. The van der Waals surface area contributed by atoms with Gasteiger partial charge in [0.15, 0.2) is 0 Å². The van der Waals surface area contributed by atoms with E-state index in [2.05, 4.69) is 34.2 Å². The van der Waals surface area contributed by atoms with Gasteiger partial charge >= 0.3 is 0 Å². The van der Waals surface area contributed by atoms with E-state index in [1.54, 1.807) is 19.5 Å². The molecule has 0 saturated carbocycles. The van der Waals surface area contributed by atoms with Gasteiger partial charge < -0.3 is 10.5 Å². The number of methoxy groups -OCH3 is 1. The van der Waals surface area contributed by atoms with Gasteiger partial charge in [-0.05, 0) is 11.6 Å². The molecule has 2 heterocycles. The van der Waals surface area contributed by atoms with Crippen molar-refractivity contribution in [1.82, 2.24) is 9.97 Å². The predicted molar refractivity (Wildman–Crippen MR) is 75.4 cm³/mol. The minimum absolute atomic E-state index is 0.195. The molecule has 1 aromatic heterocycles. The maximum Gasteiger partial charge on any atom is 0.237 e. The number of nitrogens with zero attached hydrogens (tertiary/aromatic N) is 2. The number of hydrogen-bond acceptors (Lipinski definition) is 5. The molecule has 19 heavy (non-hydrogen) atoms. The fourth-order valence-corrected chi connectivity index (χ4v) is 3.70. The molecule has 0 amide bonds. The van der Waals surface area contributed by atoms with E-state index in [4.69, 9.17) is 10.5 Å². The summed E-state index contributed by atoms with van der Waals surface area (Å²) in [6.07, 6.45) is 3.28. The lowest BCUT2D eigenvalue weighted by Crippen LogP contribution is -2.22.